The first kappa shape index (κ1) is 14.9. The summed E-state index contributed by atoms with van der Waals surface area (Å²) in [6.45, 7) is 4.19. The molecule has 3 atom stereocenters. The molecule has 3 nitrogen and oxygen atoms in total. The first-order chi connectivity index (χ1) is 10.2. The monoisotopic (exact) mass is 290 g/mol. The van der Waals surface area contributed by atoms with Crippen LogP contribution in [0.3, 0.4) is 0 Å². The van der Waals surface area contributed by atoms with E-state index in [0.717, 1.165) is 25.9 Å². The molecule has 21 heavy (non-hydrogen) atoms. The van der Waals surface area contributed by atoms with Gasteiger partial charge in [0.2, 0.25) is 0 Å². The Morgan fingerprint density at radius 3 is 2.81 bits per heavy atom. The highest BCUT2D eigenvalue weighted by Gasteiger charge is 2.37. The Kier molecular flexibility index (Phi) is 4.56. The predicted octanol–water partition coefficient (Wildman–Crippen LogP) is 4.10. The van der Waals surface area contributed by atoms with Crippen LogP contribution in [-0.2, 0) is 0 Å². The molecule has 3 aliphatic rings. The molecule has 2 aliphatic carbocycles. The summed E-state index contributed by atoms with van der Waals surface area (Å²) >= 11 is 0. The molecule has 0 radical (unpaired) electrons. The van der Waals surface area contributed by atoms with Crippen molar-refractivity contribution < 1.29 is 4.79 Å². The minimum atomic E-state index is 0.197. The van der Waals surface area contributed by atoms with Gasteiger partial charge in [-0.05, 0) is 56.3 Å². The van der Waals surface area contributed by atoms with Crippen LogP contribution in [0.4, 0.5) is 4.79 Å². The number of nitrogens with one attached hydrogen (secondary N) is 1. The zero-order valence-electron chi connectivity index (χ0n) is 13.4. The van der Waals surface area contributed by atoms with E-state index in [1.165, 1.54) is 44.9 Å². The first-order valence-corrected chi connectivity index (χ1v) is 8.89. The molecule has 1 spiro atoms. The lowest BCUT2D eigenvalue weighted by atomic mass is 9.71. The van der Waals surface area contributed by atoms with Crippen molar-refractivity contribution in [2.24, 2.45) is 11.3 Å². The average molecular weight is 290 g/mol. The molecule has 1 heterocycles. The molecule has 2 fully saturated rings. The molecule has 3 heteroatoms. The van der Waals surface area contributed by atoms with Crippen LogP contribution in [0, 0.1) is 11.3 Å². The minimum Gasteiger partial charge on any atom is -0.335 e. The number of hydrogen-bond acceptors (Lipinski definition) is 1. The van der Waals surface area contributed by atoms with Crippen LogP contribution in [0.15, 0.2) is 12.2 Å². The quantitative estimate of drug-likeness (QED) is 0.725. The summed E-state index contributed by atoms with van der Waals surface area (Å²) in [5, 5.41) is 3.33. The zero-order chi connectivity index (χ0) is 14.7. The smallest absolute Gasteiger partial charge is 0.317 e. The maximum atomic E-state index is 12.6. The van der Waals surface area contributed by atoms with E-state index in [2.05, 4.69) is 29.3 Å². The van der Waals surface area contributed by atoms with Crippen molar-refractivity contribution in [3.05, 3.63) is 12.2 Å². The highest BCUT2D eigenvalue weighted by atomic mass is 16.2. The van der Waals surface area contributed by atoms with Gasteiger partial charge in [0.05, 0.1) is 0 Å². The average Bonchev–Trinajstić information content (AvgIpc) is 2.50. The number of urea groups is 1. The molecular formula is C18H30N2O. The number of carbonyl (C=O) groups excluding carboxylic acids is 1. The highest BCUT2D eigenvalue weighted by molar-refractivity contribution is 5.74. The van der Waals surface area contributed by atoms with Crippen molar-refractivity contribution in [3.8, 4) is 0 Å². The third kappa shape index (κ3) is 3.44. The molecule has 2 amide bonds. The third-order valence-electron chi connectivity index (χ3n) is 5.93. The fourth-order valence-corrected chi connectivity index (χ4v) is 4.48. The minimum absolute atomic E-state index is 0.197. The van der Waals surface area contributed by atoms with E-state index >= 15 is 0 Å². The standard InChI is InChI=1S/C18H30N2O/c1-15-8-3-4-9-16(15)19-17(21)20-13-7-12-18(14-20)10-5-2-6-11-18/h2,5,15-16H,3-4,6-14H2,1H3,(H,19,21)/t15-,16-,18-/m1/s1. The molecule has 0 unspecified atom stereocenters. The van der Waals surface area contributed by atoms with Crippen LogP contribution >= 0.6 is 0 Å². The van der Waals surface area contributed by atoms with Crippen molar-refractivity contribution in [2.75, 3.05) is 13.1 Å². The zero-order valence-corrected chi connectivity index (χ0v) is 13.4. The van der Waals surface area contributed by atoms with E-state index < -0.39 is 0 Å². The Balaban J connectivity index is 1.58. The normalized spacial score (nSPS) is 36.7. The van der Waals surface area contributed by atoms with Gasteiger partial charge in [-0.15, -0.1) is 0 Å². The lowest BCUT2D eigenvalue weighted by Crippen LogP contribution is -2.53. The van der Waals surface area contributed by atoms with Gasteiger partial charge in [-0.2, -0.15) is 0 Å². The van der Waals surface area contributed by atoms with Gasteiger partial charge in [-0.1, -0.05) is 31.9 Å². The maximum Gasteiger partial charge on any atom is 0.317 e. The summed E-state index contributed by atoms with van der Waals surface area (Å²) in [4.78, 5) is 14.7. The van der Waals surface area contributed by atoms with E-state index in [-0.39, 0.29) is 6.03 Å². The van der Waals surface area contributed by atoms with Gasteiger partial charge in [-0.3, -0.25) is 0 Å². The number of piperidine rings is 1. The molecule has 0 aromatic rings. The second-order valence-electron chi connectivity index (χ2n) is 7.56. The topological polar surface area (TPSA) is 32.3 Å². The predicted molar refractivity (Wildman–Crippen MR) is 86.2 cm³/mol. The molecule has 0 aromatic heterocycles. The van der Waals surface area contributed by atoms with E-state index in [4.69, 9.17) is 0 Å². The van der Waals surface area contributed by atoms with Gasteiger partial charge < -0.3 is 10.2 Å². The molecule has 1 N–H and O–H groups in total. The lowest BCUT2D eigenvalue weighted by molar-refractivity contribution is 0.0922. The van der Waals surface area contributed by atoms with Gasteiger partial charge in [0, 0.05) is 19.1 Å². The fourth-order valence-electron chi connectivity index (χ4n) is 4.48. The Bertz CT molecular complexity index is 406. The second kappa shape index (κ2) is 6.41. The van der Waals surface area contributed by atoms with Crippen molar-refractivity contribution in [1.82, 2.24) is 10.2 Å². The van der Waals surface area contributed by atoms with E-state index in [1.54, 1.807) is 0 Å². The molecule has 118 valence electrons. The van der Waals surface area contributed by atoms with Crippen LogP contribution in [0.5, 0.6) is 0 Å². The van der Waals surface area contributed by atoms with Gasteiger partial charge in [0.15, 0.2) is 0 Å². The number of rotatable bonds is 1. The number of allylic oxidation sites excluding steroid dienone is 2. The summed E-state index contributed by atoms with van der Waals surface area (Å²) in [7, 11) is 0. The van der Waals surface area contributed by atoms with Gasteiger partial charge in [0.1, 0.15) is 0 Å². The van der Waals surface area contributed by atoms with Crippen molar-refractivity contribution in [2.45, 2.75) is 70.8 Å². The Hall–Kier alpha value is -0.990. The lowest BCUT2D eigenvalue weighted by Gasteiger charge is -2.44. The molecular weight excluding hydrogens is 260 g/mol. The summed E-state index contributed by atoms with van der Waals surface area (Å²) in [6, 6.07) is 0.595. The van der Waals surface area contributed by atoms with Crippen LogP contribution < -0.4 is 5.32 Å². The van der Waals surface area contributed by atoms with Crippen LogP contribution in [0.2, 0.25) is 0 Å². The number of nitrogens with zero attached hydrogens (tertiary/aromatic N) is 1. The first-order valence-electron chi connectivity index (χ1n) is 8.89. The van der Waals surface area contributed by atoms with Crippen LogP contribution in [0.1, 0.15) is 64.7 Å². The maximum absolute atomic E-state index is 12.6. The summed E-state index contributed by atoms with van der Waals surface area (Å²) < 4.78 is 0. The summed E-state index contributed by atoms with van der Waals surface area (Å²) in [5.41, 5.74) is 0.378. The number of amides is 2. The number of likely N-dealkylation sites (tertiary alicyclic amines) is 1. The molecule has 1 aliphatic heterocycles. The van der Waals surface area contributed by atoms with Gasteiger partial charge in [0.25, 0.3) is 0 Å². The Morgan fingerprint density at radius 2 is 2.05 bits per heavy atom. The molecule has 0 bridgehead atoms. The van der Waals surface area contributed by atoms with Crippen LogP contribution in [-0.4, -0.2) is 30.1 Å². The molecule has 1 saturated carbocycles. The van der Waals surface area contributed by atoms with E-state index in [1.807, 2.05) is 0 Å². The molecule has 3 rings (SSSR count). The number of hydrogen-bond donors (Lipinski definition) is 1. The van der Waals surface area contributed by atoms with Crippen LogP contribution in [0.25, 0.3) is 0 Å². The second-order valence-corrected chi connectivity index (χ2v) is 7.56. The SMILES string of the molecule is C[C@@H]1CCCC[C@H]1NC(=O)N1CCC[C@]2(CC=CCC2)C1. The molecule has 0 aromatic carbocycles. The van der Waals surface area contributed by atoms with Crippen molar-refractivity contribution >= 4 is 6.03 Å². The fraction of sp³-hybridized carbons (Fsp3) is 0.833. The number of carbonyl (C=O) groups is 1. The van der Waals surface area contributed by atoms with Crippen molar-refractivity contribution in [3.63, 3.8) is 0 Å². The van der Waals surface area contributed by atoms with E-state index in [0.29, 0.717) is 17.4 Å². The summed E-state index contributed by atoms with van der Waals surface area (Å²) in [5.74, 6) is 0.638. The molecule has 1 saturated heterocycles. The third-order valence-corrected chi connectivity index (χ3v) is 5.93. The van der Waals surface area contributed by atoms with Crippen molar-refractivity contribution in [1.29, 1.82) is 0 Å². The Labute approximate surface area is 129 Å². The van der Waals surface area contributed by atoms with Gasteiger partial charge in [-0.25, -0.2) is 4.79 Å². The summed E-state index contributed by atoms with van der Waals surface area (Å²) in [6.07, 6.45) is 15.7. The van der Waals surface area contributed by atoms with E-state index in [9.17, 15) is 4.79 Å². The highest BCUT2D eigenvalue weighted by Crippen LogP contribution is 2.40. The Morgan fingerprint density at radius 1 is 1.19 bits per heavy atom. The van der Waals surface area contributed by atoms with Gasteiger partial charge >= 0.3 is 6.03 Å². The largest absolute Gasteiger partial charge is 0.335 e.